The second-order valence-electron chi connectivity index (χ2n) is 4.66. The highest BCUT2D eigenvalue weighted by Gasteiger charge is 2.15. The van der Waals surface area contributed by atoms with E-state index in [1.165, 1.54) is 4.88 Å². The quantitative estimate of drug-likeness (QED) is 0.732. The predicted octanol–water partition coefficient (Wildman–Crippen LogP) is 2.98. The first-order valence-electron chi connectivity index (χ1n) is 6.26. The first-order valence-corrected chi connectivity index (χ1v) is 7.14. The molecule has 0 radical (unpaired) electrons. The molecule has 0 amide bonds. The first kappa shape index (κ1) is 12.3. The molecule has 1 atom stereocenters. The molecule has 98 valence electrons. The summed E-state index contributed by atoms with van der Waals surface area (Å²) < 4.78 is 1.82. The molecule has 19 heavy (non-hydrogen) atoms. The SMILES string of the molecule is C[C@H](c1cccs1)N(C)Cc1cnn2cccnc12. The molecule has 0 spiro atoms. The topological polar surface area (TPSA) is 33.4 Å². The number of rotatable bonds is 4. The van der Waals surface area contributed by atoms with Crippen molar-refractivity contribution >= 4 is 17.0 Å². The Hall–Kier alpha value is -1.72. The van der Waals surface area contributed by atoms with Crippen LogP contribution in [0.1, 0.15) is 23.4 Å². The second kappa shape index (κ2) is 5.11. The summed E-state index contributed by atoms with van der Waals surface area (Å²) in [6.07, 6.45) is 5.64. The first-order chi connectivity index (χ1) is 9.25. The zero-order chi connectivity index (χ0) is 13.2. The number of fused-ring (bicyclic) bond motifs is 1. The summed E-state index contributed by atoms with van der Waals surface area (Å²) >= 11 is 1.80. The summed E-state index contributed by atoms with van der Waals surface area (Å²) in [7, 11) is 2.14. The molecule has 3 heterocycles. The summed E-state index contributed by atoms with van der Waals surface area (Å²) in [6.45, 7) is 3.07. The average Bonchev–Trinajstić information content (AvgIpc) is 3.08. The molecule has 3 aromatic rings. The van der Waals surface area contributed by atoms with Crippen molar-refractivity contribution in [3.63, 3.8) is 0 Å². The van der Waals surface area contributed by atoms with E-state index in [4.69, 9.17) is 0 Å². The maximum atomic E-state index is 4.39. The van der Waals surface area contributed by atoms with Gasteiger partial charge < -0.3 is 0 Å². The third-order valence-electron chi connectivity index (χ3n) is 3.39. The van der Waals surface area contributed by atoms with Gasteiger partial charge in [0.25, 0.3) is 0 Å². The molecule has 3 rings (SSSR count). The maximum Gasteiger partial charge on any atom is 0.159 e. The Labute approximate surface area is 116 Å². The third kappa shape index (κ3) is 2.39. The summed E-state index contributed by atoms with van der Waals surface area (Å²) in [5.74, 6) is 0. The smallest absolute Gasteiger partial charge is 0.159 e. The number of nitrogens with zero attached hydrogens (tertiary/aromatic N) is 4. The van der Waals surface area contributed by atoms with Gasteiger partial charge in [-0.3, -0.25) is 4.90 Å². The number of thiophene rings is 1. The third-order valence-corrected chi connectivity index (χ3v) is 4.43. The summed E-state index contributed by atoms with van der Waals surface area (Å²) in [6, 6.07) is 6.57. The van der Waals surface area contributed by atoms with Gasteiger partial charge in [-0.2, -0.15) is 5.10 Å². The van der Waals surface area contributed by atoms with Gasteiger partial charge in [0, 0.05) is 35.4 Å². The predicted molar refractivity (Wildman–Crippen MR) is 77.2 cm³/mol. The Morgan fingerprint density at radius 2 is 2.32 bits per heavy atom. The van der Waals surface area contributed by atoms with Crippen LogP contribution in [0.5, 0.6) is 0 Å². The minimum absolute atomic E-state index is 0.402. The Balaban J connectivity index is 1.81. The normalized spacial score (nSPS) is 13.2. The Morgan fingerprint density at radius 1 is 1.42 bits per heavy atom. The van der Waals surface area contributed by atoms with Crippen molar-refractivity contribution in [2.24, 2.45) is 0 Å². The van der Waals surface area contributed by atoms with Crippen LogP contribution in [0.15, 0.2) is 42.2 Å². The average molecular weight is 272 g/mol. The van der Waals surface area contributed by atoms with Gasteiger partial charge in [-0.25, -0.2) is 9.50 Å². The molecule has 0 bridgehead atoms. The lowest BCUT2D eigenvalue weighted by molar-refractivity contribution is 0.257. The van der Waals surface area contributed by atoms with Crippen LogP contribution in [-0.2, 0) is 6.54 Å². The number of hydrogen-bond donors (Lipinski definition) is 0. The molecule has 0 saturated carbocycles. The Kier molecular flexibility index (Phi) is 3.31. The van der Waals surface area contributed by atoms with Crippen molar-refractivity contribution in [1.29, 1.82) is 0 Å². The van der Waals surface area contributed by atoms with Gasteiger partial charge in [0.2, 0.25) is 0 Å². The van der Waals surface area contributed by atoms with Gasteiger partial charge in [0.05, 0.1) is 6.20 Å². The van der Waals surface area contributed by atoms with Gasteiger partial charge in [0.1, 0.15) is 0 Å². The van der Waals surface area contributed by atoms with Crippen LogP contribution in [0.4, 0.5) is 0 Å². The molecule has 0 N–H and O–H groups in total. The van der Waals surface area contributed by atoms with Crippen molar-refractivity contribution in [1.82, 2.24) is 19.5 Å². The monoisotopic (exact) mass is 272 g/mol. The Morgan fingerprint density at radius 3 is 3.11 bits per heavy atom. The van der Waals surface area contributed by atoms with Crippen LogP contribution in [0.3, 0.4) is 0 Å². The summed E-state index contributed by atoms with van der Waals surface area (Å²) in [4.78, 5) is 8.09. The largest absolute Gasteiger partial charge is 0.294 e. The van der Waals surface area contributed by atoms with Crippen molar-refractivity contribution in [3.05, 3.63) is 52.6 Å². The van der Waals surface area contributed by atoms with Crippen molar-refractivity contribution in [2.45, 2.75) is 19.5 Å². The lowest BCUT2D eigenvalue weighted by Crippen LogP contribution is -2.21. The van der Waals surface area contributed by atoms with E-state index in [0.29, 0.717) is 6.04 Å². The molecule has 4 nitrogen and oxygen atoms in total. The molecular weight excluding hydrogens is 256 g/mol. The maximum absolute atomic E-state index is 4.39. The van der Waals surface area contributed by atoms with Crippen LogP contribution in [0, 0.1) is 0 Å². The van der Waals surface area contributed by atoms with E-state index in [-0.39, 0.29) is 0 Å². The fraction of sp³-hybridized carbons (Fsp3) is 0.286. The minimum atomic E-state index is 0.402. The van der Waals surface area contributed by atoms with E-state index >= 15 is 0 Å². The van der Waals surface area contributed by atoms with E-state index in [1.54, 1.807) is 11.3 Å². The minimum Gasteiger partial charge on any atom is -0.294 e. The van der Waals surface area contributed by atoms with Crippen LogP contribution >= 0.6 is 11.3 Å². The molecule has 0 fully saturated rings. The van der Waals surface area contributed by atoms with Crippen molar-refractivity contribution < 1.29 is 0 Å². The second-order valence-corrected chi connectivity index (χ2v) is 5.64. The molecular formula is C14H16N4S. The van der Waals surface area contributed by atoms with E-state index in [0.717, 1.165) is 17.8 Å². The highest BCUT2D eigenvalue weighted by atomic mass is 32.1. The molecule has 0 aliphatic heterocycles. The van der Waals surface area contributed by atoms with Crippen molar-refractivity contribution in [3.8, 4) is 0 Å². The highest BCUT2D eigenvalue weighted by Crippen LogP contribution is 2.25. The number of aromatic nitrogens is 3. The number of hydrogen-bond acceptors (Lipinski definition) is 4. The van der Waals surface area contributed by atoms with E-state index in [2.05, 4.69) is 46.5 Å². The standard InChI is InChI=1S/C14H16N4S/c1-11(13-5-3-8-19-13)17(2)10-12-9-16-18-7-4-6-15-14(12)18/h3-9,11H,10H2,1-2H3/t11-/m1/s1. The molecule has 0 aromatic carbocycles. The fourth-order valence-corrected chi connectivity index (χ4v) is 2.99. The zero-order valence-corrected chi connectivity index (χ0v) is 11.8. The lowest BCUT2D eigenvalue weighted by atomic mass is 10.2. The molecule has 0 saturated heterocycles. The van der Waals surface area contributed by atoms with Crippen LogP contribution < -0.4 is 0 Å². The molecule has 5 heteroatoms. The highest BCUT2D eigenvalue weighted by molar-refractivity contribution is 7.10. The molecule has 0 aliphatic carbocycles. The summed E-state index contributed by atoms with van der Waals surface area (Å²) in [5.41, 5.74) is 2.10. The van der Waals surface area contributed by atoms with Crippen LogP contribution in [0.2, 0.25) is 0 Å². The van der Waals surface area contributed by atoms with Gasteiger partial charge in [-0.05, 0) is 31.5 Å². The van der Waals surface area contributed by atoms with Gasteiger partial charge in [-0.1, -0.05) is 6.07 Å². The lowest BCUT2D eigenvalue weighted by Gasteiger charge is -2.23. The van der Waals surface area contributed by atoms with Gasteiger partial charge in [0.15, 0.2) is 5.65 Å². The van der Waals surface area contributed by atoms with E-state index < -0.39 is 0 Å². The summed E-state index contributed by atoms with van der Waals surface area (Å²) in [5, 5.41) is 6.45. The van der Waals surface area contributed by atoms with Crippen molar-refractivity contribution in [2.75, 3.05) is 7.05 Å². The van der Waals surface area contributed by atoms with Gasteiger partial charge >= 0.3 is 0 Å². The van der Waals surface area contributed by atoms with Crippen LogP contribution in [-0.4, -0.2) is 26.5 Å². The molecule has 0 aliphatic rings. The van der Waals surface area contributed by atoms with E-state index in [9.17, 15) is 0 Å². The van der Waals surface area contributed by atoms with E-state index in [1.807, 2.05) is 29.2 Å². The van der Waals surface area contributed by atoms with Crippen LogP contribution in [0.25, 0.3) is 5.65 Å². The van der Waals surface area contributed by atoms with Gasteiger partial charge in [-0.15, -0.1) is 11.3 Å². The Bertz CT molecular complexity index is 659. The zero-order valence-electron chi connectivity index (χ0n) is 11.0. The fourth-order valence-electron chi connectivity index (χ4n) is 2.14. The molecule has 0 unspecified atom stereocenters. The molecule has 3 aromatic heterocycles.